The van der Waals surface area contributed by atoms with E-state index in [0.29, 0.717) is 16.1 Å². The molecule has 0 N–H and O–H groups in total. The zero-order valence-electron chi connectivity index (χ0n) is 14.0. The van der Waals surface area contributed by atoms with E-state index in [1.165, 1.54) is 29.9 Å². The van der Waals surface area contributed by atoms with Gasteiger partial charge in [-0.3, -0.25) is 4.79 Å². The fraction of sp³-hybridized carbons (Fsp3) is 0.158. The van der Waals surface area contributed by atoms with Crippen LogP contribution in [0.2, 0.25) is 5.02 Å². The van der Waals surface area contributed by atoms with Crippen molar-refractivity contribution < 1.29 is 27.5 Å². The number of methoxy groups -OCH3 is 1. The molecule has 140 valence electrons. The Morgan fingerprint density at radius 1 is 1.15 bits per heavy atom. The fourth-order valence-electron chi connectivity index (χ4n) is 2.81. The molecule has 0 spiro atoms. The van der Waals surface area contributed by atoms with Crippen LogP contribution in [-0.2, 0) is 11.3 Å². The number of rotatable bonds is 4. The fourth-order valence-corrected chi connectivity index (χ4v) is 3.01. The molecule has 0 saturated carbocycles. The Morgan fingerprint density at radius 3 is 2.48 bits per heavy atom. The van der Waals surface area contributed by atoms with Gasteiger partial charge < -0.3 is 9.30 Å². The van der Waals surface area contributed by atoms with Gasteiger partial charge in [-0.15, -0.1) is 0 Å². The van der Waals surface area contributed by atoms with Crippen molar-refractivity contribution >= 4 is 34.3 Å². The molecular weight excluding hydrogens is 383 g/mol. The van der Waals surface area contributed by atoms with Gasteiger partial charge >= 0.3 is 12.1 Å². The molecule has 1 aromatic heterocycles. The summed E-state index contributed by atoms with van der Waals surface area (Å²) >= 11 is 6.14. The molecule has 2 aromatic carbocycles. The first-order valence-corrected chi connectivity index (χ1v) is 8.16. The summed E-state index contributed by atoms with van der Waals surface area (Å²) in [5.74, 6) is -2.58. The Kier molecular flexibility index (Phi) is 4.97. The zero-order valence-corrected chi connectivity index (χ0v) is 14.8. The normalized spacial score (nSPS) is 11.6. The maximum absolute atomic E-state index is 13.0. The molecular formula is C19H13ClF3NO3. The number of carbonyl (C=O) groups excluding carboxylic acids is 2. The second-order valence-corrected chi connectivity index (χ2v) is 6.22. The highest BCUT2D eigenvalue weighted by atomic mass is 35.5. The smallest absolute Gasteiger partial charge is 0.454 e. The first kappa shape index (κ1) is 19.0. The van der Waals surface area contributed by atoms with Crippen molar-refractivity contribution in [2.45, 2.75) is 12.7 Å². The minimum Gasteiger partial charge on any atom is -0.465 e. The third-order valence-electron chi connectivity index (χ3n) is 4.10. The number of halogens is 4. The largest absolute Gasteiger partial charge is 0.465 e. The Morgan fingerprint density at radius 2 is 1.85 bits per heavy atom. The van der Waals surface area contributed by atoms with Gasteiger partial charge in [0.1, 0.15) is 0 Å². The molecule has 0 unspecified atom stereocenters. The molecule has 0 saturated heterocycles. The number of carbonyl (C=O) groups is 2. The molecule has 0 amide bonds. The van der Waals surface area contributed by atoms with Crippen LogP contribution in [0.15, 0.2) is 48.7 Å². The van der Waals surface area contributed by atoms with Crippen molar-refractivity contribution in [1.82, 2.24) is 4.57 Å². The first-order valence-electron chi connectivity index (χ1n) is 7.78. The lowest BCUT2D eigenvalue weighted by atomic mass is 10.1. The summed E-state index contributed by atoms with van der Waals surface area (Å²) in [4.78, 5) is 23.6. The number of Topliss-reactive ketones (excluding diaryl/α,β-unsaturated/α-hetero) is 1. The Bertz CT molecular complexity index is 1040. The summed E-state index contributed by atoms with van der Waals surface area (Å²) in [6.07, 6.45) is -3.88. The van der Waals surface area contributed by atoms with Crippen LogP contribution in [0.3, 0.4) is 0 Å². The van der Waals surface area contributed by atoms with Crippen molar-refractivity contribution in [2.75, 3.05) is 7.11 Å². The van der Waals surface area contributed by atoms with Gasteiger partial charge in [-0.05, 0) is 23.8 Å². The van der Waals surface area contributed by atoms with Gasteiger partial charge in [0.2, 0.25) is 0 Å². The number of hydrogen-bond donors (Lipinski definition) is 0. The van der Waals surface area contributed by atoms with E-state index in [9.17, 15) is 22.8 Å². The minimum atomic E-state index is -5.01. The molecule has 0 bridgehead atoms. The SMILES string of the molecule is COC(=O)c1ccc2c(C(=O)C(F)(F)F)cn(Cc3ccccc3Cl)c2c1. The van der Waals surface area contributed by atoms with Crippen LogP contribution >= 0.6 is 11.6 Å². The second-order valence-electron chi connectivity index (χ2n) is 5.81. The van der Waals surface area contributed by atoms with Crippen LogP contribution in [0.4, 0.5) is 13.2 Å². The van der Waals surface area contributed by atoms with E-state index in [0.717, 1.165) is 6.20 Å². The topological polar surface area (TPSA) is 48.3 Å². The number of fused-ring (bicyclic) bond motifs is 1. The average molecular weight is 396 g/mol. The molecule has 0 aliphatic heterocycles. The van der Waals surface area contributed by atoms with Crippen LogP contribution in [0.5, 0.6) is 0 Å². The van der Waals surface area contributed by atoms with Gasteiger partial charge in [0.05, 0.1) is 18.2 Å². The van der Waals surface area contributed by atoms with Crippen molar-refractivity contribution in [3.63, 3.8) is 0 Å². The monoisotopic (exact) mass is 395 g/mol. The molecule has 0 aliphatic rings. The quantitative estimate of drug-likeness (QED) is 0.467. The summed E-state index contributed by atoms with van der Waals surface area (Å²) in [6.45, 7) is 0.131. The third-order valence-corrected chi connectivity index (χ3v) is 4.47. The number of benzene rings is 2. The summed E-state index contributed by atoms with van der Waals surface area (Å²) in [5.41, 5.74) is 0.631. The number of ketones is 1. The molecule has 0 atom stereocenters. The van der Waals surface area contributed by atoms with E-state index in [2.05, 4.69) is 4.74 Å². The number of hydrogen-bond acceptors (Lipinski definition) is 3. The molecule has 27 heavy (non-hydrogen) atoms. The van der Waals surface area contributed by atoms with Gasteiger partial charge in [-0.2, -0.15) is 13.2 Å². The van der Waals surface area contributed by atoms with Gasteiger partial charge in [-0.25, -0.2) is 4.79 Å². The van der Waals surface area contributed by atoms with Crippen molar-refractivity contribution in [3.8, 4) is 0 Å². The predicted octanol–water partition coefficient (Wildman–Crippen LogP) is 4.87. The number of esters is 1. The van der Waals surface area contributed by atoms with Crippen LogP contribution < -0.4 is 0 Å². The molecule has 8 heteroatoms. The first-order chi connectivity index (χ1) is 12.7. The molecule has 0 aliphatic carbocycles. The number of ether oxygens (including phenoxy) is 1. The van der Waals surface area contributed by atoms with Gasteiger partial charge in [0, 0.05) is 28.7 Å². The average Bonchev–Trinajstić information content (AvgIpc) is 2.99. The standard InChI is InChI=1S/C19H13ClF3NO3/c1-27-18(26)11-6-7-13-14(17(25)19(21,22)23)10-24(16(13)8-11)9-12-4-2-3-5-15(12)20/h2-8,10H,9H2,1H3. The highest BCUT2D eigenvalue weighted by Crippen LogP contribution is 2.30. The predicted molar refractivity (Wildman–Crippen MR) is 94.2 cm³/mol. The summed E-state index contributed by atoms with van der Waals surface area (Å²) in [6, 6.07) is 10.9. The maximum atomic E-state index is 13.0. The van der Waals surface area contributed by atoms with E-state index in [4.69, 9.17) is 11.6 Å². The summed E-state index contributed by atoms with van der Waals surface area (Å²) < 4.78 is 45.0. The molecule has 1 heterocycles. The molecule has 3 rings (SSSR count). The van der Waals surface area contributed by atoms with E-state index in [-0.39, 0.29) is 17.5 Å². The highest BCUT2D eigenvalue weighted by Gasteiger charge is 2.40. The molecule has 3 aromatic rings. The third kappa shape index (κ3) is 3.68. The lowest BCUT2D eigenvalue weighted by molar-refractivity contribution is -0.0884. The van der Waals surface area contributed by atoms with E-state index in [1.54, 1.807) is 24.3 Å². The number of aromatic nitrogens is 1. The van der Waals surface area contributed by atoms with Crippen molar-refractivity contribution in [2.24, 2.45) is 0 Å². The minimum absolute atomic E-state index is 0.0945. The van der Waals surface area contributed by atoms with Crippen LogP contribution in [0, 0.1) is 0 Å². The van der Waals surface area contributed by atoms with Crippen molar-refractivity contribution in [3.05, 3.63) is 70.4 Å². The van der Waals surface area contributed by atoms with E-state index < -0.39 is 23.5 Å². The van der Waals surface area contributed by atoms with E-state index in [1.807, 2.05) is 0 Å². The second kappa shape index (κ2) is 7.08. The zero-order chi connectivity index (χ0) is 19.8. The van der Waals surface area contributed by atoms with Gasteiger partial charge in [0.25, 0.3) is 5.78 Å². The Labute approximate surface area is 157 Å². The van der Waals surface area contributed by atoms with Crippen molar-refractivity contribution in [1.29, 1.82) is 0 Å². The van der Waals surface area contributed by atoms with Crippen LogP contribution in [0.25, 0.3) is 10.9 Å². The number of alkyl halides is 3. The Balaban J connectivity index is 2.19. The van der Waals surface area contributed by atoms with Crippen LogP contribution in [-0.4, -0.2) is 29.6 Å². The highest BCUT2D eigenvalue weighted by molar-refractivity contribution is 6.31. The lowest BCUT2D eigenvalue weighted by Gasteiger charge is -2.08. The molecule has 0 radical (unpaired) electrons. The molecule has 0 fully saturated rings. The Hall–Kier alpha value is -2.80. The maximum Gasteiger partial charge on any atom is 0.454 e. The summed E-state index contributed by atoms with van der Waals surface area (Å²) in [7, 11) is 1.20. The number of nitrogens with zero attached hydrogens (tertiary/aromatic N) is 1. The van der Waals surface area contributed by atoms with Gasteiger partial charge in [0.15, 0.2) is 0 Å². The summed E-state index contributed by atoms with van der Waals surface area (Å²) in [5, 5.41) is 0.532. The van der Waals surface area contributed by atoms with E-state index >= 15 is 0 Å². The van der Waals surface area contributed by atoms with Crippen LogP contribution in [0.1, 0.15) is 26.3 Å². The molecule has 4 nitrogen and oxygen atoms in total. The van der Waals surface area contributed by atoms with Gasteiger partial charge in [-0.1, -0.05) is 35.9 Å². The lowest BCUT2D eigenvalue weighted by Crippen LogP contribution is -2.22.